The van der Waals surface area contributed by atoms with Crippen LogP contribution in [-0.4, -0.2) is 25.9 Å². The minimum Gasteiger partial charge on any atom is -0.462 e. The quantitative estimate of drug-likeness (QED) is 0.140. The molecule has 1 N–H and O–H groups in total. The van der Waals surface area contributed by atoms with Gasteiger partial charge in [-0.05, 0) is 32.4 Å². The Hall–Kier alpha value is -3.92. The maximum absolute atomic E-state index is 13.2. The topological polar surface area (TPSA) is 129 Å². The van der Waals surface area contributed by atoms with Crippen LogP contribution in [0.5, 0.6) is 0 Å². The number of carbonyl (C=O) groups is 1. The Kier molecular flexibility index (Phi) is 6.49. The number of unbranched alkanes of at least 4 members (excludes halogenated alkanes) is 1. The average Bonchev–Trinajstić information content (AvgIpc) is 3.15. The number of aryl methyl sites for hydroxylation is 2. The summed E-state index contributed by atoms with van der Waals surface area (Å²) in [4.78, 5) is 23.3. The van der Waals surface area contributed by atoms with Gasteiger partial charge in [-0.25, -0.2) is 13.2 Å². The zero-order valence-corrected chi connectivity index (χ0v) is 20.3. The molecule has 0 atom stereocenters. The number of fused-ring (bicyclic) bond motifs is 3. The van der Waals surface area contributed by atoms with Gasteiger partial charge in [-0.3, -0.25) is 14.8 Å². The molecule has 1 heterocycles. The largest absolute Gasteiger partial charge is 0.462 e. The summed E-state index contributed by atoms with van der Waals surface area (Å²) in [6.07, 6.45) is 1.59. The molecule has 10 heteroatoms. The summed E-state index contributed by atoms with van der Waals surface area (Å²) in [7, 11) is -4.19. The predicted molar refractivity (Wildman–Crippen MR) is 132 cm³/mol. The van der Waals surface area contributed by atoms with Crippen LogP contribution in [-0.2, 0) is 14.8 Å². The van der Waals surface area contributed by atoms with Gasteiger partial charge < -0.3 is 9.15 Å². The molecular weight excluding hydrogens is 472 g/mol. The molecule has 3 aromatic carbocycles. The molecule has 9 nitrogen and oxygen atoms in total. The lowest BCUT2D eigenvalue weighted by atomic mass is 10.0. The van der Waals surface area contributed by atoms with Crippen molar-refractivity contribution >= 4 is 49.1 Å². The molecule has 4 aromatic rings. The SMILES string of the molecule is CCCCOC(=O)c1c(C)oc2c1cc(NS(=O)(=O)c1ccc(C)c([N+](=O)[O-])c1)c1ccccc12. The molecule has 0 amide bonds. The number of nitrogens with one attached hydrogen (secondary N) is 1. The Morgan fingerprint density at radius 1 is 1.09 bits per heavy atom. The van der Waals surface area contributed by atoms with E-state index in [1.165, 1.54) is 25.1 Å². The zero-order valence-electron chi connectivity index (χ0n) is 19.5. The lowest BCUT2D eigenvalue weighted by molar-refractivity contribution is -0.385. The van der Waals surface area contributed by atoms with Crippen molar-refractivity contribution in [3.63, 3.8) is 0 Å². The van der Waals surface area contributed by atoms with E-state index in [0.717, 1.165) is 18.9 Å². The van der Waals surface area contributed by atoms with Crippen LogP contribution in [0.3, 0.4) is 0 Å². The molecule has 0 aliphatic heterocycles. The van der Waals surface area contributed by atoms with Crippen molar-refractivity contribution in [2.45, 2.75) is 38.5 Å². The van der Waals surface area contributed by atoms with Crippen LogP contribution in [0.1, 0.15) is 41.4 Å². The Balaban J connectivity index is 1.85. The minimum atomic E-state index is -4.19. The number of hydrogen-bond acceptors (Lipinski definition) is 7. The first-order valence-electron chi connectivity index (χ1n) is 11.0. The number of benzene rings is 3. The molecule has 0 fully saturated rings. The van der Waals surface area contributed by atoms with Gasteiger partial charge in [-0.2, -0.15) is 0 Å². The Bertz CT molecular complexity index is 1570. The monoisotopic (exact) mass is 496 g/mol. The van der Waals surface area contributed by atoms with Gasteiger partial charge in [0.2, 0.25) is 0 Å². The predicted octanol–water partition coefficient (Wildman–Crippen LogP) is 5.87. The fraction of sp³-hybridized carbons (Fsp3) is 0.240. The van der Waals surface area contributed by atoms with Crippen LogP contribution in [0.4, 0.5) is 11.4 Å². The third-order valence-electron chi connectivity index (χ3n) is 5.74. The summed E-state index contributed by atoms with van der Waals surface area (Å²) in [6.45, 7) is 5.44. The Morgan fingerprint density at radius 2 is 1.80 bits per heavy atom. The van der Waals surface area contributed by atoms with Gasteiger partial charge in [0.25, 0.3) is 15.7 Å². The second kappa shape index (κ2) is 9.38. The van der Waals surface area contributed by atoms with Gasteiger partial charge in [-0.1, -0.05) is 43.7 Å². The van der Waals surface area contributed by atoms with Gasteiger partial charge in [0.1, 0.15) is 16.9 Å². The van der Waals surface area contributed by atoms with E-state index >= 15 is 0 Å². The van der Waals surface area contributed by atoms with Crippen LogP contribution in [0.15, 0.2) is 57.8 Å². The maximum atomic E-state index is 13.2. The number of sulfonamides is 1. The molecule has 0 saturated carbocycles. The van der Waals surface area contributed by atoms with Gasteiger partial charge >= 0.3 is 5.97 Å². The fourth-order valence-corrected chi connectivity index (χ4v) is 5.00. The van der Waals surface area contributed by atoms with E-state index in [1.54, 1.807) is 31.2 Å². The number of furan rings is 1. The second-order valence-corrected chi connectivity index (χ2v) is 9.86. The second-order valence-electron chi connectivity index (χ2n) is 8.18. The number of ether oxygens (including phenoxy) is 1. The van der Waals surface area contributed by atoms with Gasteiger partial charge in [-0.15, -0.1) is 0 Å². The number of hydrogen-bond donors (Lipinski definition) is 1. The summed E-state index contributed by atoms with van der Waals surface area (Å²) < 4.78 is 40.3. The molecule has 0 saturated heterocycles. The van der Waals surface area contributed by atoms with E-state index in [0.29, 0.717) is 33.1 Å². The summed E-state index contributed by atoms with van der Waals surface area (Å²) >= 11 is 0. The third kappa shape index (κ3) is 4.57. The molecule has 0 radical (unpaired) electrons. The summed E-state index contributed by atoms with van der Waals surface area (Å²) in [5.41, 5.74) is 0.930. The first kappa shape index (κ1) is 24.2. The lowest BCUT2D eigenvalue weighted by Crippen LogP contribution is -2.14. The molecule has 0 aliphatic carbocycles. The van der Waals surface area contributed by atoms with Crippen LogP contribution in [0.25, 0.3) is 21.7 Å². The van der Waals surface area contributed by atoms with E-state index in [1.807, 2.05) is 6.92 Å². The highest BCUT2D eigenvalue weighted by molar-refractivity contribution is 7.92. The van der Waals surface area contributed by atoms with Crippen LogP contribution in [0.2, 0.25) is 0 Å². The molecule has 35 heavy (non-hydrogen) atoms. The smallest absolute Gasteiger partial charge is 0.342 e. The Morgan fingerprint density at radius 3 is 2.49 bits per heavy atom. The number of rotatable bonds is 8. The molecule has 0 unspecified atom stereocenters. The molecule has 1 aromatic heterocycles. The van der Waals surface area contributed by atoms with Gasteiger partial charge in [0, 0.05) is 27.8 Å². The van der Waals surface area contributed by atoms with E-state index in [-0.39, 0.29) is 28.4 Å². The summed E-state index contributed by atoms with van der Waals surface area (Å²) in [5.74, 6) is -0.186. The molecule has 4 rings (SSSR count). The molecule has 182 valence electrons. The van der Waals surface area contributed by atoms with Crippen LogP contribution >= 0.6 is 0 Å². The van der Waals surface area contributed by atoms with Crippen LogP contribution in [0, 0.1) is 24.0 Å². The molecule has 0 aliphatic rings. The highest BCUT2D eigenvalue weighted by Crippen LogP contribution is 2.38. The van der Waals surface area contributed by atoms with Crippen molar-refractivity contribution < 1.29 is 27.3 Å². The fourth-order valence-electron chi connectivity index (χ4n) is 3.91. The number of nitro groups is 1. The Labute approximate surface area is 201 Å². The first-order valence-corrected chi connectivity index (χ1v) is 12.5. The van der Waals surface area contributed by atoms with Crippen molar-refractivity contribution in [3.8, 4) is 0 Å². The lowest BCUT2D eigenvalue weighted by Gasteiger charge is -2.12. The first-order chi connectivity index (χ1) is 16.6. The normalized spacial score (nSPS) is 11.6. The molecule has 0 spiro atoms. The van der Waals surface area contributed by atoms with Crippen molar-refractivity contribution in [1.29, 1.82) is 0 Å². The summed E-state index contributed by atoms with van der Waals surface area (Å²) in [6, 6.07) is 12.3. The standard InChI is InChI=1S/C25H24N2O7S/c1-4-5-12-33-25(28)23-16(3)34-24-19-9-7-6-8-18(19)21(14-20(23)24)26-35(31,32)17-11-10-15(2)22(13-17)27(29)30/h6-11,13-14,26H,4-5,12H2,1-3H3. The van der Waals surface area contributed by atoms with Crippen molar-refractivity contribution in [3.05, 3.63) is 75.5 Å². The maximum Gasteiger partial charge on any atom is 0.342 e. The van der Waals surface area contributed by atoms with Gasteiger partial charge in [0.05, 0.1) is 22.1 Å². The molecule has 0 bridgehead atoms. The van der Waals surface area contributed by atoms with Crippen molar-refractivity contribution in [1.82, 2.24) is 0 Å². The van der Waals surface area contributed by atoms with E-state index in [9.17, 15) is 23.3 Å². The van der Waals surface area contributed by atoms with Crippen LogP contribution < -0.4 is 4.72 Å². The highest BCUT2D eigenvalue weighted by Gasteiger charge is 2.25. The number of nitro benzene ring substituents is 1. The summed E-state index contributed by atoms with van der Waals surface area (Å²) in [5, 5.41) is 12.9. The third-order valence-corrected chi connectivity index (χ3v) is 7.10. The molecular formula is C25H24N2O7S. The number of carbonyl (C=O) groups excluding carboxylic acids is 1. The van der Waals surface area contributed by atoms with E-state index in [4.69, 9.17) is 9.15 Å². The number of nitrogens with zero attached hydrogens (tertiary/aromatic N) is 1. The van der Waals surface area contributed by atoms with Crippen molar-refractivity contribution in [2.24, 2.45) is 0 Å². The van der Waals surface area contributed by atoms with E-state index < -0.39 is 20.9 Å². The minimum absolute atomic E-state index is 0.208. The van der Waals surface area contributed by atoms with Crippen molar-refractivity contribution in [2.75, 3.05) is 11.3 Å². The number of esters is 1. The van der Waals surface area contributed by atoms with Gasteiger partial charge in [0.15, 0.2) is 0 Å². The average molecular weight is 497 g/mol. The number of anilines is 1. The zero-order chi connectivity index (χ0) is 25.3. The highest BCUT2D eigenvalue weighted by atomic mass is 32.2. The van der Waals surface area contributed by atoms with E-state index in [2.05, 4.69) is 4.72 Å².